The molecule has 1 unspecified atom stereocenters. The zero-order chi connectivity index (χ0) is 13.1. The van der Waals surface area contributed by atoms with E-state index >= 15 is 0 Å². The monoisotopic (exact) mass is 251 g/mol. The molecule has 0 fully saturated rings. The van der Waals surface area contributed by atoms with Gasteiger partial charge in [-0.1, -0.05) is 6.07 Å². The number of carboxylic acid groups (broad SMARTS) is 1. The molecule has 0 saturated carbocycles. The Labute approximate surface area is 106 Å². The van der Waals surface area contributed by atoms with Crippen molar-refractivity contribution < 1.29 is 19.4 Å². The average molecular weight is 251 g/mol. The van der Waals surface area contributed by atoms with E-state index in [9.17, 15) is 9.90 Å². The third-order valence-electron chi connectivity index (χ3n) is 2.81. The number of likely N-dealkylation sites (N-methyl/N-ethyl adjacent to an activating group) is 1. The van der Waals surface area contributed by atoms with Crippen LogP contribution < -0.4 is 9.47 Å². The molecule has 1 aromatic rings. The van der Waals surface area contributed by atoms with Crippen molar-refractivity contribution in [3.05, 3.63) is 23.8 Å². The third kappa shape index (κ3) is 2.73. The van der Waals surface area contributed by atoms with E-state index in [1.165, 1.54) is 0 Å². The molecule has 0 spiro atoms. The Balaban J connectivity index is 2.27. The van der Waals surface area contributed by atoms with Gasteiger partial charge in [-0.3, -0.25) is 4.79 Å². The van der Waals surface area contributed by atoms with Gasteiger partial charge in [0.05, 0.1) is 5.92 Å². The largest absolute Gasteiger partial charge is 0.486 e. The molecule has 5 heteroatoms. The normalized spacial score (nSPS) is 15.5. The first kappa shape index (κ1) is 12.7. The Morgan fingerprint density at radius 1 is 1.33 bits per heavy atom. The molecule has 0 bridgehead atoms. The molecule has 0 saturated heterocycles. The number of rotatable bonds is 4. The Morgan fingerprint density at radius 3 is 2.61 bits per heavy atom. The van der Waals surface area contributed by atoms with Crippen molar-refractivity contribution in [2.75, 3.05) is 33.9 Å². The molecule has 1 atom stereocenters. The van der Waals surface area contributed by atoms with Gasteiger partial charge in [-0.2, -0.15) is 0 Å². The van der Waals surface area contributed by atoms with Crippen molar-refractivity contribution in [3.63, 3.8) is 0 Å². The number of ether oxygens (including phenoxy) is 2. The predicted molar refractivity (Wildman–Crippen MR) is 66.4 cm³/mol. The maximum atomic E-state index is 11.3. The minimum absolute atomic E-state index is 0.453. The van der Waals surface area contributed by atoms with Gasteiger partial charge >= 0.3 is 5.97 Å². The molecule has 5 nitrogen and oxygen atoms in total. The highest BCUT2D eigenvalue weighted by Crippen LogP contribution is 2.33. The fraction of sp³-hybridized carbons (Fsp3) is 0.462. The molecule has 1 aliphatic rings. The fourth-order valence-corrected chi connectivity index (χ4v) is 1.97. The van der Waals surface area contributed by atoms with Gasteiger partial charge in [0, 0.05) is 6.54 Å². The van der Waals surface area contributed by atoms with Gasteiger partial charge in [-0.05, 0) is 31.8 Å². The first-order chi connectivity index (χ1) is 8.58. The van der Waals surface area contributed by atoms with Crippen LogP contribution in [0.2, 0.25) is 0 Å². The highest BCUT2D eigenvalue weighted by Gasteiger charge is 2.23. The van der Waals surface area contributed by atoms with E-state index in [4.69, 9.17) is 9.47 Å². The number of carbonyl (C=O) groups is 1. The van der Waals surface area contributed by atoms with E-state index < -0.39 is 11.9 Å². The second kappa shape index (κ2) is 5.27. The standard InChI is InChI=1S/C13H17NO4/c1-14(2)8-10(13(15)16)9-3-4-11-12(7-9)18-6-5-17-11/h3-4,7,10H,5-6,8H2,1-2H3,(H,15,16). The van der Waals surface area contributed by atoms with E-state index in [-0.39, 0.29) is 0 Å². The zero-order valence-corrected chi connectivity index (χ0v) is 10.5. The maximum absolute atomic E-state index is 11.3. The van der Waals surface area contributed by atoms with Crippen LogP contribution >= 0.6 is 0 Å². The molecule has 0 radical (unpaired) electrons. The first-order valence-corrected chi connectivity index (χ1v) is 5.85. The summed E-state index contributed by atoms with van der Waals surface area (Å²) < 4.78 is 10.9. The Morgan fingerprint density at radius 2 is 2.00 bits per heavy atom. The van der Waals surface area contributed by atoms with E-state index in [1.807, 2.05) is 19.0 Å². The lowest BCUT2D eigenvalue weighted by Gasteiger charge is -2.22. The van der Waals surface area contributed by atoms with Crippen LogP contribution in [0.3, 0.4) is 0 Å². The van der Waals surface area contributed by atoms with E-state index in [0.717, 1.165) is 5.56 Å². The smallest absolute Gasteiger partial charge is 0.312 e. The fourth-order valence-electron chi connectivity index (χ4n) is 1.97. The average Bonchev–Trinajstić information content (AvgIpc) is 2.35. The number of hydrogen-bond acceptors (Lipinski definition) is 4. The quantitative estimate of drug-likeness (QED) is 0.871. The van der Waals surface area contributed by atoms with Crippen molar-refractivity contribution >= 4 is 5.97 Å². The van der Waals surface area contributed by atoms with Gasteiger partial charge in [0.2, 0.25) is 0 Å². The summed E-state index contributed by atoms with van der Waals surface area (Å²) in [5.74, 6) is -0.0843. The lowest BCUT2D eigenvalue weighted by molar-refractivity contribution is -0.139. The summed E-state index contributed by atoms with van der Waals surface area (Å²) in [7, 11) is 3.71. The summed E-state index contributed by atoms with van der Waals surface area (Å²) in [4.78, 5) is 13.2. The van der Waals surface area contributed by atoms with Crippen molar-refractivity contribution in [2.24, 2.45) is 0 Å². The van der Waals surface area contributed by atoms with Crippen LogP contribution in [0.25, 0.3) is 0 Å². The maximum Gasteiger partial charge on any atom is 0.312 e. The van der Waals surface area contributed by atoms with Gasteiger partial charge < -0.3 is 19.5 Å². The summed E-state index contributed by atoms with van der Waals surface area (Å²) in [5.41, 5.74) is 0.737. The number of benzene rings is 1. The number of fused-ring (bicyclic) bond motifs is 1. The minimum Gasteiger partial charge on any atom is -0.486 e. The van der Waals surface area contributed by atoms with Crippen LogP contribution in [0.4, 0.5) is 0 Å². The van der Waals surface area contributed by atoms with Crippen molar-refractivity contribution in [1.29, 1.82) is 0 Å². The van der Waals surface area contributed by atoms with E-state index in [0.29, 0.717) is 31.3 Å². The van der Waals surface area contributed by atoms with Gasteiger partial charge in [-0.15, -0.1) is 0 Å². The molecule has 1 aromatic carbocycles. The predicted octanol–water partition coefficient (Wildman–Crippen LogP) is 1.19. The van der Waals surface area contributed by atoms with Gasteiger partial charge in [0.1, 0.15) is 13.2 Å². The summed E-state index contributed by atoms with van der Waals surface area (Å²) in [6.07, 6.45) is 0. The topological polar surface area (TPSA) is 59.0 Å². The zero-order valence-electron chi connectivity index (χ0n) is 10.5. The van der Waals surface area contributed by atoms with Crippen LogP contribution in [0, 0.1) is 0 Å². The number of carboxylic acids is 1. The second-order valence-electron chi connectivity index (χ2n) is 4.56. The van der Waals surface area contributed by atoms with Gasteiger partial charge in [0.15, 0.2) is 11.5 Å². The van der Waals surface area contributed by atoms with Gasteiger partial charge in [0.25, 0.3) is 0 Å². The van der Waals surface area contributed by atoms with Crippen LogP contribution in [0.15, 0.2) is 18.2 Å². The molecule has 1 N–H and O–H groups in total. The summed E-state index contributed by atoms with van der Waals surface area (Å²) >= 11 is 0. The number of aliphatic carboxylic acids is 1. The van der Waals surface area contributed by atoms with Crippen LogP contribution in [0.5, 0.6) is 11.5 Å². The molecule has 1 heterocycles. The van der Waals surface area contributed by atoms with Crippen molar-refractivity contribution in [3.8, 4) is 11.5 Å². The van der Waals surface area contributed by atoms with Gasteiger partial charge in [-0.25, -0.2) is 0 Å². The molecule has 0 amide bonds. The van der Waals surface area contributed by atoms with Crippen LogP contribution in [-0.4, -0.2) is 49.8 Å². The first-order valence-electron chi connectivity index (χ1n) is 5.85. The van der Waals surface area contributed by atoms with Crippen molar-refractivity contribution in [1.82, 2.24) is 4.90 Å². The number of nitrogens with zero attached hydrogens (tertiary/aromatic N) is 1. The van der Waals surface area contributed by atoms with Crippen LogP contribution in [-0.2, 0) is 4.79 Å². The summed E-state index contributed by atoms with van der Waals surface area (Å²) in [5, 5.41) is 9.28. The van der Waals surface area contributed by atoms with E-state index in [1.54, 1.807) is 18.2 Å². The van der Waals surface area contributed by atoms with E-state index in [2.05, 4.69) is 0 Å². The minimum atomic E-state index is -0.833. The molecule has 2 rings (SSSR count). The third-order valence-corrected chi connectivity index (χ3v) is 2.81. The van der Waals surface area contributed by atoms with Crippen LogP contribution in [0.1, 0.15) is 11.5 Å². The van der Waals surface area contributed by atoms with Crippen molar-refractivity contribution in [2.45, 2.75) is 5.92 Å². The molecular formula is C13H17NO4. The molecule has 98 valence electrons. The number of hydrogen-bond donors (Lipinski definition) is 1. The summed E-state index contributed by atoms with van der Waals surface area (Å²) in [6, 6.07) is 5.32. The summed E-state index contributed by atoms with van der Waals surface area (Å²) in [6.45, 7) is 1.49. The highest BCUT2D eigenvalue weighted by molar-refractivity contribution is 5.76. The Bertz CT molecular complexity index is 445. The molecule has 0 aromatic heterocycles. The SMILES string of the molecule is CN(C)CC(C(=O)O)c1ccc2c(c1)OCCO2. The second-order valence-corrected chi connectivity index (χ2v) is 4.56. The highest BCUT2D eigenvalue weighted by atomic mass is 16.6. The molecule has 1 aliphatic heterocycles. The lowest BCUT2D eigenvalue weighted by Crippen LogP contribution is -2.26. The lowest BCUT2D eigenvalue weighted by atomic mass is 9.98. The molecule has 18 heavy (non-hydrogen) atoms. The molecule has 0 aliphatic carbocycles. The Kier molecular flexibility index (Phi) is 3.72. The Hall–Kier alpha value is -1.75. The molecular weight excluding hydrogens is 234 g/mol.